The molecule has 1 aliphatic rings. The summed E-state index contributed by atoms with van der Waals surface area (Å²) >= 11 is 0. The van der Waals surface area contributed by atoms with E-state index >= 15 is 0 Å². The number of hydrogen-bond donors (Lipinski definition) is 1. The molecule has 3 rings (SSSR count). The summed E-state index contributed by atoms with van der Waals surface area (Å²) in [6, 6.07) is 2.82. The Morgan fingerprint density at radius 2 is 2.25 bits per heavy atom. The number of nitrogens with zero attached hydrogens (tertiary/aromatic N) is 3. The van der Waals surface area contributed by atoms with Crippen molar-refractivity contribution in [3.8, 4) is 0 Å². The smallest absolute Gasteiger partial charge is 0.110 e. The summed E-state index contributed by atoms with van der Waals surface area (Å²) in [6.07, 6.45) is 12.1. The number of nitrogens with one attached hydrogen (secondary N) is 1. The Morgan fingerprint density at radius 1 is 1.40 bits per heavy atom. The van der Waals surface area contributed by atoms with Gasteiger partial charge in [-0.25, -0.2) is 4.98 Å². The zero-order valence-electron chi connectivity index (χ0n) is 12.4. The molecular formula is C16H24N4. The SMILES string of the molecule is CCNC(c1ccn(CCc2nccn2C)c1)C1CC1. The second-order valence-corrected chi connectivity index (χ2v) is 5.76. The molecule has 1 aliphatic carbocycles. The number of aryl methyl sites for hydroxylation is 3. The summed E-state index contributed by atoms with van der Waals surface area (Å²) in [5, 5.41) is 3.62. The van der Waals surface area contributed by atoms with Crippen LogP contribution in [0.15, 0.2) is 30.9 Å². The van der Waals surface area contributed by atoms with E-state index in [-0.39, 0.29) is 0 Å². The molecule has 1 fully saturated rings. The normalized spacial score (nSPS) is 16.5. The number of rotatable bonds is 7. The van der Waals surface area contributed by atoms with Crippen molar-refractivity contribution in [3.05, 3.63) is 42.2 Å². The van der Waals surface area contributed by atoms with Crippen molar-refractivity contribution < 1.29 is 0 Å². The fourth-order valence-corrected chi connectivity index (χ4v) is 2.86. The fourth-order valence-electron chi connectivity index (χ4n) is 2.86. The highest BCUT2D eigenvalue weighted by Gasteiger charge is 2.31. The van der Waals surface area contributed by atoms with Crippen molar-refractivity contribution in [3.63, 3.8) is 0 Å². The fraction of sp³-hybridized carbons (Fsp3) is 0.562. The Hall–Kier alpha value is -1.55. The number of hydrogen-bond acceptors (Lipinski definition) is 2. The second-order valence-electron chi connectivity index (χ2n) is 5.76. The molecule has 4 heteroatoms. The second kappa shape index (κ2) is 5.83. The van der Waals surface area contributed by atoms with Crippen LogP contribution < -0.4 is 5.32 Å². The molecule has 1 saturated carbocycles. The standard InChI is InChI=1S/C16H24N4/c1-3-17-16(13-4-5-13)14-6-9-20(12-14)10-7-15-18-8-11-19(15)2/h6,8-9,11-13,16-17H,3-5,7,10H2,1-2H3. The lowest BCUT2D eigenvalue weighted by Gasteiger charge is -2.15. The lowest BCUT2D eigenvalue weighted by molar-refractivity contribution is 0.495. The largest absolute Gasteiger partial charge is 0.353 e. The molecule has 20 heavy (non-hydrogen) atoms. The number of imidazole rings is 1. The van der Waals surface area contributed by atoms with Crippen LogP contribution in [0.1, 0.15) is 37.2 Å². The average Bonchev–Trinajstić information content (AvgIpc) is 3.03. The third-order valence-electron chi connectivity index (χ3n) is 4.16. The van der Waals surface area contributed by atoms with E-state index in [1.54, 1.807) is 0 Å². The van der Waals surface area contributed by atoms with Crippen molar-refractivity contribution in [2.24, 2.45) is 13.0 Å². The first-order chi connectivity index (χ1) is 9.78. The monoisotopic (exact) mass is 272 g/mol. The van der Waals surface area contributed by atoms with E-state index in [1.165, 1.54) is 18.4 Å². The van der Waals surface area contributed by atoms with Gasteiger partial charge in [-0.15, -0.1) is 0 Å². The summed E-state index contributed by atoms with van der Waals surface area (Å²) in [4.78, 5) is 4.38. The minimum Gasteiger partial charge on any atom is -0.353 e. The molecule has 2 aromatic heterocycles. The summed E-state index contributed by atoms with van der Waals surface area (Å²) in [6.45, 7) is 4.22. The molecule has 0 spiro atoms. The van der Waals surface area contributed by atoms with Crippen LogP contribution >= 0.6 is 0 Å². The van der Waals surface area contributed by atoms with E-state index in [4.69, 9.17) is 0 Å². The summed E-state index contributed by atoms with van der Waals surface area (Å²) in [5.41, 5.74) is 1.44. The summed E-state index contributed by atoms with van der Waals surface area (Å²) < 4.78 is 4.38. The zero-order valence-corrected chi connectivity index (χ0v) is 12.4. The van der Waals surface area contributed by atoms with E-state index < -0.39 is 0 Å². The number of aromatic nitrogens is 3. The summed E-state index contributed by atoms with van der Waals surface area (Å²) in [5.74, 6) is 1.99. The van der Waals surface area contributed by atoms with Gasteiger partial charge in [-0.05, 0) is 36.9 Å². The molecule has 1 unspecified atom stereocenters. The highest BCUT2D eigenvalue weighted by Crippen LogP contribution is 2.40. The van der Waals surface area contributed by atoms with Gasteiger partial charge >= 0.3 is 0 Å². The molecule has 0 amide bonds. The van der Waals surface area contributed by atoms with Crippen molar-refractivity contribution in [2.75, 3.05) is 6.54 Å². The Balaban J connectivity index is 1.62. The maximum Gasteiger partial charge on any atom is 0.110 e. The molecule has 0 saturated heterocycles. The average molecular weight is 272 g/mol. The molecule has 0 aliphatic heterocycles. The Morgan fingerprint density at radius 3 is 2.90 bits per heavy atom. The Labute approximate surface area is 120 Å². The van der Waals surface area contributed by atoms with Gasteiger partial charge in [-0.3, -0.25) is 0 Å². The van der Waals surface area contributed by atoms with E-state index in [1.807, 2.05) is 12.4 Å². The predicted octanol–water partition coefficient (Wildman–Crippen LogP) is 2.52. The molecular weight excluding hydrogens is 248 g/mol. The molecule has 0 bridgehead atoms. The van der Waals surface area contributed by atoms with E-state index in [0.717, 1.165) is 31.3 Å². The van der Waals surface area contributed by atoms with Crippen LogP contribution in [0, 0.1) is 5.92 Å². The van der Waals surface area contributed by atoms with Gasteiger partial charge in [0.1, 0.15) is 5.82 Å². The third-order valence-corrected chi connectivity index (χ3v) is 4.16. The molecule has 2 heterocycles. The van der Waals surface area contributed by atoms with E-state index in [2.05, 4.69) is 51.9 Å². The van der Waals surface area contributed by atoms with Gasteiger partial charge in [0.25, 0.3) is 0 Å². The van der Waals surface area contributed by atoms with Crippen LogP contribution in [0.2, 0.25) is 0 Å². The maximum absolute atomic E-state index is 4.38. The van der Waals surface area contributed by atoms with Crippen LogP contribution in [0.3, 0.4) is 0 Å². The Bertz CT molecular complexity index is 550. The van der Waals surface area contributed by atoms with Gasteiger partial charge in [0.2, 0.25) is 0 Å². The molecule has 108 valence electrons. The van der Waals surface area contributed by atoms with E-state index in [0.29, 0.717) is 6.04 Å². The van der Waals surface area contributed by atoms with Crippen molar-refractivity contribution in [1.82, 2.24) is 19.4 Å². The first-order valence-corrected chi connectivity index (χ1v) is 7.63. The quantitative estimate of drug-likeness (QED) is 0.840. The highest BCUT2D eigenvalue weighted by molar-refractivity contribution is 5.18. The predicted molar refractivity (Wildman–Crippen MR) is 80.5 cm³/mol. The topological polar surface area (TPSA) is 34.8 Å². The lowest BCUT2D eigenvalue weighted by Crippen LogP contribution is -2.22. The van der Waals surface area contributed by atoms with Crippen molar-refractivity contribution >= 4 is 0 Å². The van der Waals surface area contributed by atoms with Crippen molar-refractivity contribution in [2.45, 2.75) is 38.8 Å². The van der Waals surface area contributed by atoms with Crippen LogP contribution in [0.5, 0.6) is 0 Å². The first kappa shape index (κ1) is 13.4. The lowest BCUT2D eigenvalue weighted by atomic mass is 10.1. The Kier molecular flexibility index (Phi) is 3.92. The minimum absolute atomic E-state index is 0.550. The van der Waals surface area contributed by atoms with Gasteiger partial charge < -0.3 is 14.5 Å². The van der Waals surface area contributed by atoms with Gasteiger partial charge in [0.15, 0.2) is 0 Å². The summed E-state index contributed by atoms with van der Waals surface area (Å²) in [7, 11) is 2.05. The van der Waals surface area contributed by atoms with Gasteiger partial charge in [0.05, 0.1) is 0 Å². The molecule has 1 N–H and O–H groups in total. The van der Waals surface area contributed by atoms with Crippen LogP contribution in [-0.2, 0) is 20.0 Å². The molecule has 4 nitrogen and oxygen atoms in total. The molecule has 2 aromatic rings. The van der Waals surface area contributed by atoms with Gasteiger partial charge in [-0.2, -0.15) is 0 Å². The molecule has 0 radical (unpaired) electrons. The van der Waals surface area contributed by atoms with Crippen molar-refractivity contribution in [1.29, 1.82) is 0 Å². The van der Waals surface area contributed by atoms with Gasteiger partial charge in [0, 0.05) is 50.8 Å². The van der Waals surface area contributed by atoms with Crippen LogP contribution in [-0.4, -0.2) is 20.7 Å². The minimum atomic E-state index is 0.550. The zero-order chi connectivity index (χ0) is 13.9. The van der Waals surface area contributed by atoms with Crippen LogP contribution in [0.25, 0.3) is 0 Å². The van der Waals surface area contributed by atoms with E-state index in [9.17, 15) is 0 Å². The van der Waals surface area contributed by atoms with Gasteiger partial charge in [-0.1, -0.05) is 6.92 Å². The first-order valence-electron chi connectivity index (χ1n) is 7.63. The highest BCUT2D eigenvalue weighted by atomic mass is 15.0. The molecule has 0 aromatic carbocycles. The van der Waals surface area contributed by atoms with Crippen LogP contribution in [0.4, 0.5) is 0 Å². The maximum atomic E-state index is 4.38. The molecule has 1 atom stereocenters. The third kappa shape index (κ3) is 2.96.